The van der Waals surface area contributed by atoms with Gasteiger partial charge in [0.2, 0.25) is 0 Å². The summed E-state index contributed by atoms with van der Waals surface area (Å²) < 4.78 is 0. The Morgan fingerprint density at radius 1 is 0.733 bits per heavy atom. The molecule has 1 N–H and O–H groups in total. The van der Waals surface area contributed by atoms with E-state index in [-0.39, 0.29) is 6.10 Å². The summed E-state index contributed by atoms with van der Waals surface area (Å²) in [5.41, 5.74) is 0. The molecule has 2 atom stereocenters. The smallest absolute Gasteiger partial charge is 0.0542 e. The average molecular weight is 214 g/mol. The van der Waals surface area contributed by atoms with E-state index in [1.54, 1.807) is 0 Å². The molecule has 0 amide bonds. The topological polar surface area (TPSA) is 20.2 Å². The summed E-state index contributed by atoms with van der Waals surface area (Å²) in [6, 6.07) is 0. The molecule has 0 aromatic heterocycles. The largest absolute Gasteiger partial charge is 0.393 e. The van der Waals surface area contributed by atoms with E-state index in [0.29, 0.717) is 11.8 Å². The van der Waals surface area contributed by atoms with Gasteiger partial charge in [0.15, 0.2) is 0 Å². The van der Waals surface area contributed by atoms with Gasteiger partial charge < -0.3 is 5.11 Å². The molecule has 0 aromatic rings. The van der Waals surface area contributed by atoms with Crippen LogP contribution >= 0.6 is 0 Å². The van der Waals surface area contributed by atoms with Gasteiger partial charge in [0.1, 0.15) is 0 Å². The van der Waals surface area contributed by atoms with Crippen LogP contribution in [0.4, 0.5) is 0 Å². The van der Waals surface area contributed by atoms with Gasteiger partial charge in [0.05, 0.1) is 6.10 Å². The van der Waals surface area contributed by atoms with Crippen molar-refractivity contribution in [3.05, 3.63) is 0 Å². The molecule has 1 heteroatoms. The van der Waals surface area contributed by atoms with Crippen LogP contribution in [0.3, 0.4) is 0 Å². The van der Waals surface area contributed by atoms with E-state index < -0.39 is 0 Å². The molecule has 0 radical (unpaired) electrons. The molecule has 0 fully saturated rings. The van der Waals surface area contributed by atoms with Crippen LogP contribution in [-0.4, -0.2) is 11.2 Å². The third-order valence-electron chi connectivity index (χ3n) is 2.99. The van der Waals surface area contributed by atoms with E-state index in [1.165, 1.54) is 12.8 Å². The van der Waals surface area contributed by atoms with Gasteiger partial charge in [-0.1, -0.05) is 47.5 Å². The minimum Gasteiger partial charge on any atom is -0.393 e. The summed E-state index contributed by atoms with van der Waals surface area (Å²) in [4.78, 5) is 0. The normalized spacial score (nSPS) is 16.0. The van der Waals surface area contributed by atoms with E-state index in [0.717, 1.165) is 25.2 Å². The van der Waals surface area contributed by atoms with Gasteiger partial charge in [-0.3, -0.25) is 0 Å². The summed E-state index contributed by atoms with van der Waals surface area (Å²) in [7, 11) is 0. The van der Waals surface area contributed by atoms with Crippen LogP contribution < -0.4 is 0 Å². The average Bonchev–Trinajstić information content (AvgIpc) is 2.11. The van der Waals surface area contributed by atoms with Crippen LogP contribution in [0.25, 0.3) is 0 Å². The van der Waals surface area contributed by atoms with E-state index in [2.05, 4.69) is 34.6 Å². The summed E-state index contributed by atoms with van der Waals surface area (Å²) in [6.07, 6.45) is 5.59. The minimum atomic E-state index is -0.0745. The molecule has 0 bridgehead atoms. The quantitative estimate of drug-likeness (QED) is 0.640. The maximum atomic E-state index is 9.83. The van der Waals surface area contributed by atoms with Crippen molar-refractivity contribution < 1.29 is 5.11 Å². The van der Waals surface area contributed by atoms with Crippen LogP contribution in [0, 0.1) is 17.8 Å². The Morgan fingerprint density at radius 3 is 1.67 bits per heavy atom. The molecule has 0 spiro atoms. The molecular weight excluding hydrogens is 184 g/mol. The molecule has 0 saturated carbocycles. The maximum Gasteiger partial charge on any atom is 0.0542 e. The molecular formula is C14H30O. The highest BCUT2D eigenvalue weighted by Crippen LogP contribution is 2.19. The Bertz CT molecular complexity index is 124. The summed E-state index contributed by atoms with van der Waals surface area (Å²) >= 11 is 0. The molecule has 92 valence electrons. The molecule has 0 aromatic carbocycles. The fourth-order valence-electron chi connectivity index (χ4n) is 1.84. The lowest BCUT2D eigenvalue weighted by atomic mass is 9.92. The number of hydrogen-bond acceptors (Lipinski definition) is 1. The van der Waals surface area contributed by atoms with Crippen molar-refractivity contribution in [3.63, 3.8) is 0 Å². The standard InChI is InChI=1S/C14H30O/c1-11(2)6-8-13(5)10-14(15)9-7-12(3)4/h11-15H,6-10H2,1-5H3/t13-,14-/m1/s1. The molecule has 0 unspecified atom stereocenters. The Hall–Kier alpha value is -0.0400. The van der Waals surface area contributed by atoms with Gasteiger partial charge in [0, 0.05) is 0 Å². The lowest BCUT2D eigenvalue weighted by Gasteiger charge is -2.18. The number of aliphatic hydroxyl groups is 1. The molecule has 0 saturated heterocycles. The first-order chi connectivity index (χ1) is 6.91. The van der Waals surface area contributed by atoms with E-state index in [4.69, 9.17) is 0 Å². The number of rotatable bonds is 8. The van der Waals surface area contributed by atoms with Gasteiger partial charge in [-0.05, 0) is 37.0 Å². The lowest BCUT2D eigenvalue weighted by molar-refractivity contribution is 0.126. The second kappa shape index (κ2) is 8.15. The highest BCUT2D eigenvalue weighted by Gasteiger charge is 2.11. The van der Waals surface area contributed by atoms with Crippen molar-refractivity contribution in [2.75, 3.05) is 0 Å². The number of aliphatic hydroxyl groups excluding tert-OH is 1. The maximum absolute atomic E-state index is 9.83. The zero-order valence-corrected chi connectivity index (χ0v) is 11.3. The lowest BCUT2D eigenvalue weighted by Crippen LogP contribution is -2.13. The second-order valence-electron chi connectivity index (χ2n) is 5.94. The van der Waals surface area contributed by atoms with Crippen molar-refractivity contribution in [2.45, 2.75) is 72.8 Å². The van der Waals surface area contributed by atoms with Crippen LogP contribution in [0.15, 0.2) is 0 Å². The fraction of sp³-hybridized carbons (Fsp3) is 1.00. The zero-order chi connectivity index (χ0) is 11.8. The van der Waals surface area contributed by atoms with Gasteiger partial charge in [0.25, 0.3) is 0 Å². The molecule has 0 aliphatic rings. The summed E-state index contributed by atoms with van der Waals surface area (Å²) in [6.45, 7) is 11.2. The molecule has 0 rings (SSSR count). The van der Waals surface area contributed by atoms with Crippen molar-refractivity contribution in [3.8, 4) is 0 Å². The number of hydrogen-bond donors (Lipinski definition) is 1. The van der Waals surface area contributed by atoms with Gasteiger partial charge >= 0.3 is 0 Å². The van der Waals surface area contributed by atoms with E-state index >= 15 is 0 Å². The first-order valence-corrected chi connectivity index (χ1v) is 6.59. The third kappa shape index (κ3) is 10.2. The van der Waals surface area contributed by atoms with Crippen molar-refractivity contribution in [1.29, 1.82) is 0 Å². The fourth-order valence-corrected chi connectivity index (χ4v) is 1.84. The molecule has 0 aliphatic heterocycles. The molecule has 0 heterocycles. The molecule has 0 aliphatic carbocycles. The van der Waals surface area contributed by atoms with Crippen LogP contribution in [0.2, 0.25) is 0 Å². The van der Waals surface area contributed by atoms with Crippen LogP contribution in [-0.2, 0) is 0 Å². The summed E-state index contributed by atoms with van der Waals surface area (Å²) in [5, 5.41) is 9.83. The monoisotopic (exact) mass is 214 g/mol. The highest BCUT2D eigenvalue weighted by molar-refractivity contribution is 4.63. The van der Waals surface area contributed by atoms with Gasteiger partial charge in [-0.2, -0.15) is 0 Å². The second-order valence-corrected chi connectivity index (χ2v) is 5.94. The van der Waals surface area contributed by atoms with E-state index in [1.807, 2.05) is 0 Å². The van der Waals surface area contributed by atoms with Crippen molar-refractivity contribution >= 4 is 0 Å². The molecule has 1 nitrogen and oxygen atoms in total. The molecule has 15 heavy (non-hydrogen) atoms. The minimum absolute atomic E-state index is 0.0745. The Labute approximate surface area is 96.3 Å². The predicted molar refractivity (Wildman–Crippen MR) is 67.9 cm³/mol. The van der Waals surface area contributed by atoms with Crippen LogP contribution in [0.1, 0.15) is 66.7 Å². The van der Waals surface area contributed by atoms with Gasteiger partial charge in [-0.15, -0.1) is 0 Å². The zero-order valence-electron chi connectivity index (χ0n) is 11.3. The van der Waals surface area contributed by atoms with Crippen molar-refractivity contribution in [2.24, 2.45) is 17.8 Å². The summed E-state index contributed by atoms with van der Waals surface area (Å²) in [5.74, 6) is 2.18. The van der Waals surface area contributed by atoms with Gasteiger partial charge in [-0.25, -0.2) is 0 Å². The Balaban J connectivity index is 3.52. The highest BCUT2D eigenvalue weighted by atomic mass is 16.3. The first-order valence-electron chi connectivity index (χ1n) is 6.59. The Kier molecular flexibility index (Phi) is 8.13. The van der Waals surface area contributed by atoms with Crippen molar-refractivity contribution in [1.82, 2.24) is 0 Å². The third-order valence-corrected chi connectivity index (χ3v) is 2.99. The predicted octanol–water partition coefficient (Wildman–Crippen LogP) is 4.25. The van der Waals surface area contributed by atoms with Crippen LogP contribution in [0.5, 0.6) is 0 Å². The first kappa shape index (κ1) is 15.0. The Morgan fingerprint density at radius 2 is 1.20 bits per heavy atom. The van der Waals surface area contributed by atoms with E-state index in [9.17, 15) is 5.11 Å². The SMILES string of the molecule is CC(C)CC[C@@H](C)C[C@H](O)CCC(C)C.